The van der Waals surface area contributed by atoms with Crippen LogP contribution in [0.25, 0.3) is 0 Å². The first-order valence-electron chi connectivity index (χ1n) is 11.3. The average molecular weight is 479 g/mol. The number of piperazine rings is 1. The summed E-state index contributed by atoms with van der Waals surface area (Å²) in [7, 11) is 0. The highest BCUT2D eigenvalue weighted by atomic mass is 35.5. The Balaban J connectivity index is 1.33. The van der Waals surface area contributed by atoms with Crippen molar-refractivity contribution in [3.8, 4) is 5.75 Å². The summed E-state index contributed by atoms with van der Waals surface area (Å²) in [5.74, 6) is 0.549. The molecule has 4 rings (SSSR count). The normalized spacial score (nSPS) is 13.5. The largest absolute Gasteiger partial charge is 0.494 e. The van der Waals surface area contributed by atoms with Gasteiger partial charge in [0.25, 0.3) is 11.8 Å². The number of rotatable bonds is 7. The molecule has 1 saturated heterocycles. The number of hydrogen-bond donors (Lipinski definition) is 1. The Bertz CT molecular complexity index is 1130. The molecule has 176 valence electrons. The molecule has 1 N–H and O–H groups in total. The second-order valence-corrected chi connectivity index (χ2v) is 8.42. The summed E-state index contributed by atoms with van der Waals surface area (Å²) in [4.78, 5) is 33.2. The van der Waals surface area contributed by atoms with Gasteiger partial charge >= 0.3 is 0 Å². The van der Waals surface area contributed by atoms with Crippen LogP contribution in [0, 0.1) is 0 Å². The van der Waals surface area contributed by atoms with Crippen LogP contribution in [0.2, 0.25) is 5.02 Å². The molecule has 34 heavy (non-hydrogen) atoms. The van der Waals surface area contributed by atoms with Crippen molar-refractivity contribution in [2.75, 3.05) is 43.0 Å². The van der Waals surface area contributed by atoms with Crippen LogP contribution in [0.5, 0.6) is 5.75 Å². The van der Waals surface area contributed by atoms with E-state index in [0.717, 1.165) is 17.9 Å². The number of hydrogen-bond acceptors (Lipinski definition) is 5. The Kier molecular flexibility index (Phi) is 7.65. The predicted molar refractivity (Wildman–Crippen MR) is 134 cm³/mol. The molecule has 0 spiro atoms. The molecule has 0 unspecified atom stereocenters. The molecular weight excluding hydrogens is 452 g/mol. The molecule has 0 radical (unpaired) electrons. The van der Waals surface area contributed by atoms with E-state index in [0.29, 0.717) is 54.6 Å². The number of ether oxygens (including phenoxy) is 1. The standard InChI is InChI=1S/C26H27ClN4O3/c1-2-16-34-22-8-5-19(6-9-22)26(33)31-14-12-30(13-15-31)24-10-7-21(17-23(24)27)29-25(32)20-4-3-11-28-18-20/h3-11,17-18H,2,12-16H2,1H3,(H,29,32). The molecular formula is C26H27ClN4O3. The van der Waals surface area contributed by atoms with Crippen molar-refractivity contribution in [2.24, 2.45) is 0 Å². The van der Waals surface area contributed by atoms with Crippen LogP contribution < -0.4 is 15.0 Å². The topological polar surface area (TPSA) is 74.8 Å². The van der Waals surface area contributed by atoms with Gasteiger partial charge in [-0.15, -0.1) is 0 Å². The zero-order chi connectivity index (χ0) is 23.9. The maximum Gasteiger partial charge on any atom is 0.257 e. The van der Waals surface area contributed by atoms with Crippen LogP contribution in [-0.2, 0) is 0 Å². The van der Waals surface area contributed by atoms with Gasteiger partial charge in [-0.3, -0.25) is 14.6 Å². The van der Waals surface area contributed by atoms with Gasteiger partial charge in [0.05, 0.1) is 22.9 Å². The first-order chi connectivity index (χ1) is 16.5. The van der Waals surface area contributed by atoms with Gasteiger partial charge in [0.15, 0.2) is 0 Å². The summed E-state index contributed by atoms with van der Waals surface area (Å²) in [5, 5.41) is 3.39. The molecule has 1 aromatic heterocycles. The second-order valence-electron chi connectivity index (χ2n) is 8.01. The highest BCUT2D eigenvalue weighted by molar-refractivity contribution is 6.33. The lowest BCUT2D eigenvalue weighted by Crippen LogP contribution is -2.48. The minimum atomic E-state index is -0.242. The maximum atomic E-state index is 12.9. The van der Waals surface area contributed by atoms with E-state index in [4.69, 9.17) is 16.3 Å². The van der Waals surface area contributed by atoms with Gasteiger partial charge in [-0.05, 0) is 61.0 Å². The van der Waals surface area contributed by atoms with Crippen molar-refractivity contribution in [3.05, 3.63) is 83.1 Å². The van der Waals surface area contributed by atoms with Gasteiger partial charge in [-0.25, -0.2) is 0 Å². The lowest BCUT2D eigenvalue weighted by Gasteiger charge is -2.36. The fraction of sp³-hybridized carbons (Fsp3) is 0.269. The Morgan fingerprint density at radius 2 is 1.79 bits per heavy atom. The van der Waals surface area contributed by atoms with Gasteiger partial charge in [0.1, 0.15) is 5.75 Å². The van der Waals surface area contributed by atoms with Crippen LogP contribution in [-0.4, -0.2) is 54.5 Å². The van der Waals surface area contributed by atoms with Crippen molar-refractivity contribution in [1.29, 1.82) is 0 Å². The van der Waals surface area contributed by atoms with E-state index < -0.39 is 0 Å². The number of carbonyl (C=O) groups is 2. The molecule has 0 aliphatic carbocycles. The third-order valence-electron chi connectivity index (χ3n) is 5.61. The SMILES string of the molecule is CCCOc1ccc(C(=O)N2CCN(c3ccc(NC(=O)c4cccnc4)cc3Cl)CC2)cc1. The van der Waals surface area contributed by atoms with Crippen molar-refractivity contribution in [2.45, 2.75) is 13.3 Å². The van der Waals surface area contributed by atoms with E-state index in [-0.39, 0.29) is 11.8 Å². The summed E-state index contributed by atoms with van der Waals surface area (Å²) in [6, 6.07) is 16.2. The Labute approximate surface area is 204 Å². The lowest BCUT2D eigenvalue weighted by atomic mass is 10.1. The van der Waals surface area contributed by atoms with Crippen LogP contribution in [0.1, 0.15) is 34.1 Å². The van der Waals surface area contributed by atoms with Gasteiger partial charge in [-0.2, -0.15) is 0 Å². The van der Waals surface area contributed by atoms with E-state index in [9.17, 15) is 9.59 Å². The van der Waals surface area contributed by atoms with Crippen LogP contribution in [0.4, 0.5) is 11.4 Å². The molecule has 1 fully saturated rings. The Hall–Kier alpha value is -3.58. The lowest BCUT2D eigenvalue weighted by molar-refractivity contribution is 0.0746. The van der Waals surface area contributed by atoms with E-state index in [2.05, 4.69) is 22.1 Å². The number of carbonyl (C=O) groups excluding carboxylic acids is 2. The molecule has 0 bridgehead atoms. The molecule has 1 aliphatic rings. The number of pyridine rings is 1. The van der Waals surface area contributed by atoms with Crippen molar-refractivity contribution in [3.63, 3.8) is 0 Å². The zero-order valence-electron chi connectivity index (χ0n) is 19.0. The van der Waals surface area contributed by atoms with E-state index in [1.165, 1.54) is 6.20 Å². The number of nitrogens with one attached hydrogen (secondary N) is 1. The fourth-order valence-corrected chi connectivity index (χ4v) is 4.09. The molecule has 1 aliphatic heterocycles. The smallest absolute Gasteiger partial charge is 0.257 e. The Morgan fingerprint density at radius 3 is 2.44 bits per heavy atom. The number of aromatic nitrogens is 1. The fourth-order valence-electron chi connectivity index (χ4n) is 3.79. The molecule has 3 aromatic rings. The monoisotopic (exact) mass is 478 g/mol. The third kappa shape index (κ3) is 5.66. The highest BCUT2D eigenvalue weighted by Gasteiger charge is 2.23. The molecule has 2 amide bonds. The molecule has 0 saturated carbocycles. The minimum absolute atomic E-state index is 0.0150. The van der Waals surface area contributed by atoms with Gasteiger partial charge < -0.3 is 19.9 Å². The van der Waals surface area contributed by atoms with E-state index in [1.54, 1.807) is 24.4 Å². The summed E-state index contributed by atoms with van der Waals surface area (Å²) < 4.78 is 5.59. The zero-order valence-corrected chi connectivity index (χ0v) is 19.8. The number of benzene rings is 2. The van der Waals surface area contributed by atoms with Gasteiger partial charge in [0, 0.05) is 49.8 Å². The molecule has 8 heteroatoms. The third-order valence-corrected chi connectivity index (χ3v) is 5.91. The first kappa shape index (κ1) is 23.6. The van der Waals surface area contributed by atoms with Crippen molar-refractivity contribution in [1.82, 2.24) is 9.88 Å². The summed E-state index contributed by atoms with van der Waals surface area (Å²) >= 11 is 6.54. The number of halogens is 1. The summed E-state index contributed by atoms with van der Waals surface area (Å²) in [6.07, 6.45) is 4.08. The van der Waals surface area contributed by atoms with Crippen molar-refractivity contribution >= 4 is 34.8 Å². The first-order valence-corrected chi connectivity index (χ1v) is 11.7. The number of amides is 2. The number of anilines is 2. The summed E-state index contributed by atoms with van der Waals surface area (Å²) in [5.41, 5.74) is 2.63. The van der Waals surface area contributed by atoms with E-state index in [1.807, 2.05) is 41.3 Å². The van der Waals surface area contributed by atoms with Crippen LogP contribution in [0.3, 0.4) is 0 Å². The molecule has 7 nitrogen and oxygen atoms in total. The summed E-state index contributed by atoms with van der Waals surface area (Å²) in [6.45, 7) is 5.26. The van der Waals surface area contributed by atoms with E-state index >= 15 is 0 Å². The van der Waals surface area contributed by atoms with Gasteiger partial charge in [0.2, 0.25) is 0 Å². The predicted octanol–water partition coefficient (Wildman–Crippen LogP) is 4.74. The maximum absolute atomic E-state index is 12.9. The van der Waals surface area contributed by atoms with Crippen LogP contribution >= 0.6 is 11.6 Å². The van der Waals surface area contributed by atoms with Crippen molar-refractivity contribution < 1.29 is 14.3 Å². The van der Waals surface area contributed by atoms with Gasteiger partial charge in [-0.1, -0.05) is 18.5 Å². The quantitative estimate of drug-likeness (QED) is 0.531. The van der Waals surface area contributed by atoms with Crippen LogP contribution in [0.15, 0.2) is 67.0 Å². The Morgan fingerprint density at radius 1 is 1.03 bits per heavy atom. The molecule has 2 aromatic carbocycles. The highest BCUT2D eigenvalue weighted by Crippen LogP contribution is 2.30. The number of nitrogens with zero attached hydrogens (tertiary/aromatic N) is 3. The molecule has 2 heterocycles. The molecule has 0 atom stereocenters. The average Bonchev–Trinajstić information content (AvgIpc) is 2.88. The minimum Gasteiger partial charge on any atom is -0.494 e. The second kappa shape index (κ2) is 11.0.